The first kappa shape index (κ1) is 11.2. The fourth-order valence-electron chi connectivity index (χ4n) is 1.36. The summed E-state index contributed by atoms with van der Waals surface area (Å²) in [5.41, 5.74) is 12.8. The fraction of sp³-hybridized carbons (Fsp3) is 0. The molecular weight excluding hydrogens is 240 g/mol. The Kier molecular flexibility index (Phi) is 3.27. The van der Waals surface area contributed by atoms with Crippen molar-refractivity contribution in [1.82, 2.24) is 0 Å². The Hall–Kier alpha value is -1.32. The maximum atomic E-state index is 5.93. The third-order valence-corrected chi connectivity index (χ3v) is 3.17. The van der Waals surface area contributed by atoms with Crippen molar-refractivity contribution in [2.24, 2.45) is 0 Å². The molecule has 0 aliphatic rings. The molecule has 82 valence electrons. The van der Waals surface area contributed by atoms with Crippen LogP contribution in [-0.4, -0.2) is 0 Å². The van der Waals surface area contributed by atoms with Gasteiger partial charge in [0.25, 0.3) is 0 Å². The second kappa shape index (κ2) is 4.68. The van der Waals surface area contributed by atoms with Gasteiger partial charge in [-0.2, -0.15) is 0 Å². The van der Waals surface area contributed by atoms with Gasteiger partial charge >= 0.3 is 0 Å². The van der Waals surface area contributed by atoms with E-state index in [1.807, 2.05) is 36.4 Å². The molecule has 0 bridgehead atoms. The highest BCUT2D eigenvalue weighted by atomic mass is 35.5. The second-order valence-corrected chi connectivity index (χ2v) is 4.98. The van der Waals surface area contributed by atoms with E-state index in [2.05, 4.69) is 0 Å². The summed E-state index contributed by atoms with van der Waals surface area (Å²) in [6.07, 6.45) is 0. The topological polar surface area (TPSA) is 52.0 Å². The van der Waals surface area contributed by atoms with Crippen LogP contribution in [0.2, 0.25) is 5.02 Å². The van der Waals surface area contributed by atoms with E-state index >= 15 is 0 Å². The lowest BCUT2D eigenvalue weighted by molar-refractivity contribution is 1.41. The number of nitrogens with two attached hydrogens (primary N) is 2. The number of hydrogen-bond acceptors (Lipinski definition) is 3. The first-order valence-electron chi connectivity index (χ1n) is 4.73. The van der Waals surface area contributed by atoms with Crippen molar-refractivity contribution in [3.63, 3.8) is 0 Å². The summed E-state index contributed by atoms with van der Waals surface area (Å²) in [6.45, 7) is 0. The molecular formula is C12H11ClN2S. The molecule has 0 radical (unpaired) electrons. The zero-order chi connectivity index (χ0) is 11.5. The first-order chi connectivity index (χ1) is 7.63. The van der Waals surface area contributed by atoms with Gasteiger partial charge in [0.15, 0.2) is 0 Å². The van der Waals surface area contributed by atoms with Crippen LogP contribution in [0.25, 0.3) is 0 Å². The van der Waals surface area contributed by atoms with Gasteiger partial charge in [-0.25, -0.2) is 0 Å². The highest BCUT2D eigenvalue weighted by molar-refractivity contribution is 7.99. The molecule has 0 amide bonds. The van der Waals surface area contributed by atoms with Crippen LogP contribution < -0.4 is 11.5 Å². The van der Waals surface area contributed by atoms with Crippen LogP contribution in [0, 0.1) is 0 Å². The van der Waals surface area contributed by atoms with Crippen LogP contribution in [0.5, 0.6) is 0 Å². The molecule has 4 heteroatoms. The van der Waals surface area contributed by atoms with Crippen molar-refractivity contribution in [1.29, 1.82) is 0 Å². The van der Waals surface area contributed by atoms with Crippen molar-refractivity contribution in [2.75, 3.05) is 11.5 Å². The van der Waals surface area contributed by atoms with E-state index in [0.29, 0.717) is 10.7 Å². The van der Waals surface area contributed by atoms with Gasteiger partial charge < -0.3 is 11.5 Å². The molecule has 0 saturated heterocycles. The summed E-state index contributed by atoms with van der Waals surface area (Å²) < 4.78 is 0. The predicted octanol–water partition coefficient (Wildman–Crippen LogP) is 3.66. The minimum Gasteiger partial charge on any atom is -0.399 e. The summed E-state index contributed by atoms with van der Waals surface area (Å²) in [6, 6.07) is 13.2. The van der Waals surface area contributed by atoms with Crippen molar-refractivity contribution in [3.8, 4) is 0 Å². The van der Waals surface area contributed by atoms with Gasteiger partial charge in [0.05, 0.1) is 0 Å². The maximum absolute atomic E-state index is 5.93. The van der Waals surface area contributed by atoms with Gasteiger partial charge in [0.1, 0.15) is 0 Å². The SMILES string of the molecule is Nc1cccc(Sc2cc(N)cc(Cl)c2)c1. The number of anilines is 2. The van der Waals surface area contributed by atoms with Crippen molar-refractivity contribution < 1.29 is 0 Å². The summed E-state index contributed by atoms with van der Waals surface area (Å²) in [5, 5.41) is 0.645. The molecule has 0 aliphatic carbocycles. The average molecular weight is 251 g/mol. The van der Waals surface area contributed by atoms with Gasteiger partial charge in [-0.15, -0.1) is 0 Å². The van der Waals surface area contributed by atoms with Crippen LogP contribution >= 0.6 is 23.4 Å². The molecule has 0 aromatic heterocycles. The van der Waals surface area contributed by atoms with Gasteiger partial charge in [-0.3, -0.25) is 0 Å². The van der Waals surface area contributed by atoms with Crippen molar-refractivity contribution in [2.45, 2.75) is 9.79 Å². The molecule has 0 heterocycles. The molecule has 0 atom stereocenters. The highest BCUT2D eigenvalue weighted by Crippen LogP contribution is 2.31. The molecule has 2 aromatic rings. The van der Waals surface area contributed by atoms with E-state index < -0.39 is 0 Å². The van der Waals surface area contributed by atoms with Crippen LogP contribution in [0.4, 0.5) is 11.4 Å². The largest absolute Gasteiger partial charge is 0.399 e. The lowest BCUT2D eigenvalue weighted by Gasteiger charge is -2.04. The number of nitrogen functional groups attached to an aromatic ring is 2. The number of hydrogen-bond donors (Lipinski definition) is 2. The van der Waals surface area contributed by atoms with Crippen LogP contribution in [0.3, 0.4) is 0 Å². The molecule has 2 rings (SSSR count). The molecule has 2 nitrogen and oxygen atoms in total. The molecule has 16 heavy (non-hydrogen) atoms. The van der Waals surface area contributed by atoms with E-state index in [9.17, 15) is 0 Å². The van der Waals surface area contributed by atoms with Gasteiger partial charge in [-0.05, 0) is 36.4 Å². The highest BCUT2D eigenvalue weighted by Gasteiger charge is 2.00. The minimum absolute atomic E-state index is 0.645. The maximum Gasteiger partial charge on any atom is 0.0437 e. The molecule has 0 aliphatic heterocycles. The van der Waals surface area contributed by atoms with Gasteiger partial charge in [0.2, 0.25) is 0 Å². The lowest BCUT2D eigenvalue weighted by atomic mass is 10.3. The summed E-state index contributed by atoms with van der Waals surface area (Å²) in [5.74, 6) is 0. The Morgan fingerprint density at radius 1 is 0.875 bits per heavy atom. The lowest BCUT2D eigenvalue weighted by Crippen LogP contribution is -1.86. The van der Waals surface area contributed by atoms with Crippen LogP contribution in [-0.2, 0) is 0 Å². The second-order valence-electron chi connectivity index (χ2n) is 3.39. The van der Waals surface area contributed by atoms with Gasteiger partial charge in [-0.1, -0.05) is 29.4 Å². The van der Waals surface area contributed by atoms with E-state index in [4.69, 9.17) is 23.1 Å². The van der Waals surface area contributed by atoms with E-state index in [1.54, 1.807) is 17.8 Å². The smallest absolute Gasteiger partial charge is 0.0437 e. The molecule has 2 aromatic carbocycles. The zero-order valence-corrected chi connectivity index (χ0v) is 10.1. The van der Waals surface area contributed by atoms with E-state index in [0.717, 1.165) is 15.5 Å². The average Bonchev–Trinajstić information content (AvgIpc) is 2.15. The van der Waals surface area contributed by atoms with Gasteiger partial charge in [0, 0.05) is 26.2 Å². The van der Waals surface area contributed by atoms with E-state index in [-0.39, 0.29) is 0 Å². The summed E-state index contributed by atoms with van der Waals surface area (Å²) in [4.78, 5) is 2.08. The van der Waals surface area contributed by atoms with Crippen molar-refractivity contribution in [3.05, 3.63) is 47.5 Å². The molecule has 0 spiro atoms. The Morgan fingerprint density at radius 3 is 2.31 bits per heavy atom. The summed E-state index contributed by atoms with van der Waals surface area (Å²) in [7, 11) is 0. The molecule has 0 unspecified atom stereocenters. The van der Waals surface area contributed by atoms with E-state index in [1.165, 1.54) is 0 Å². The minimum atomic E-state index is 0.645. The monoisotopic (exact) mass is 250 g/mol. The predicted molar refractivity (Wildman–Crippen MR) is 70.8 cm³/mol. The summed E-state index contributed by atoms with van der Waals surface area (Å²) >= 11 is 7.52. The normalized spacial score (nSPS) is 10.3. The Bertz CT molecular complexity index is 494. The third-order valence-electron chi connectivity index (χ3n) is 1.99. The molecule has 4 N–H and O–H groups in total. The third kappa shape index (κ3) is 2.84. The fourth-order valence-corrected chi connectivity index (χ4v) is 2.66. The Labute approximate surface area is 104 Å². The molecule has 0 fully saturated rings. The molecule has 0 saturated carbocycles. The van der Waals surface area contributed by atoms with Crippen molar-refractivity contribution >= 4 is 34.7 Å². The number of benzene rings is 2. The first-order valence-corrected chi connectivity index (χ1v) is 5.92. The Balaban J connectivity index is 2.27. The Morgan fingerprint density at radius 2 is 1.62 bits per heavy atom. The standard InChI is InChI=1S/C12H11ClN2S/c13-8-4-10(15)7-12(5-8)16-11-3-1-2-9(14)6-11/h1-7H,14-15H2. The zero-order valence-electron chi connectivity index (χ0n) is 8.48. The van der Waals surface area contributed by atoms with Crippen LogP contribution in [0.1, 0.15) is 0 Å². The van der Waals surface area contributed by atoms with Crippen LogP contribution in [0.15, 0.2) is 52.3 Å². The number of halogens is 1. The number of rotatable bonds is 2. The quantitative estimate of drug-likeness (QED) is 0.800.